The molecule has 1 aromatic heterocycles. The van der Waals surface area contributed by atoms with Gasteiger partial charge in [-0.25, -0.2) is 9.97 Å². The second-order valence-electron chi connectivity index (χ2n) is 4.90. The summed E-state index contributed by atoms with van der Waals surface area (Å²) in [6.45, 7) is 7.83. The predicted octanol–water partition coefficient (Wildman–Crippen LogP) is -0.0634. The summed E-state index contributed by atoms with van der Waals surface area (Å²) < 4.78 is 0. The number of aliphatic hydroxyl groups is 1. The number of hydrogen-bond acceptors (Lipinski definition) is 6. The fourth-order valence-corrected chi connectivity index (χ4v) is 2.34. The molecule has 0 spiro atoms. The minimum atomic E-state index is 0.243. The molecule has 0 saturated carbocycles. The molecule has 1 aliphatic heterocycles. The number of aryl methyl sites for hydroxylation is 1. The molecular formula is C13H23N5O. The van der Waals surface area contributed by atoms with Gasteiger partial charge in [-0.05, 0) is 6.92 Å². The number of aliphatic hydroxyl groups excluding tert-OH is 1. The molecule has 6 heteroatoms. The zero-order chi connectivity index (χ0) is 13.7. The Morgan fingerprint density at radius 3 is 2.53 bits per heavy atom. The lowest BCUT2D eigenvalue weighted by Gasteiger charge is -2.33. The number of nitrogens with zero attached hydrogens (tertiary/aromatic N) is 4. The van der Waals surface area contributed by atoms with Gasteiger partial charge < -0.3 is 10.4 Å². The summed E-state index contributed by atoms with van der Waals surface area (Å²) in [5.41, 5.74) is 0.994. The summed E-state index contributed by atoms with van der Waals surface area (Å²) in [5, 5.41) is 12.0. The summed E-state index contributed by atoms with van der Waals surface area (Å²) in [6, 6.07) is 1.95. The first-order valence-corrected chi connectivity index (χ1v) is 6.79. The van der Waals surface area contributed by atoms with Gasteiger partial charge in [0, 0.05) is 51.5 Å². The average molecular weight is 265 g/mol. The van der Waals surface area contributed by atoms with Gasteiger partial charge in [0.1, 0.15) is 11.6 Å². The number of nitrogens with one attached hydrogen (secondary N) is 1. The Morgan fingerprint density at radius 1 is 1.21 bits per heavy atom. The third kappa shape index (κ3) is 4.12. The van der Waals surface area contributed by atoms with Crippen molar-refractivity contribution in [2.45, 2.75) is 13.5 Å². The highest BCUT2D eigenvalue weighted by Gasteiger charge is 2.17. The van der Waals surface area contributed by atoms with E-state index in [1.807, 2.05) is 20.0 Å². The fraction of sp³-hybridized carbons (Fsp3) is 0.692. The van der Waals surface area contributed by atoms with Crippen molar-refractivity contribution in [3.63, 3.8) is 0 Å². The largest absolute Gasteiger partial charge is 0.395 e. The normalized spacial score (nSPS) is 17.6. The Kier molecular flexibility index (Phi) is 5.07. The van der Waals surface area contributed by atoms with Crippen molar-refractivity contribution < 1.29 is 5.11 Å². The van der Waals surface area contributed by atoms with E-state index in [4.69, 9.17) is 5.11 Å². The van der Waals surface area contributed by atoms with Gasteiger partial charge in [-0.3, -0.25) is 9.80 Å². The molecule has 1 aromatic rings. The Morgan fingerprint density at radius 2 is 1.89 bits per heavy atom. The molecule has 2 rings (SSSR count). The molecule has 0 atom stereocenters. The van der Waals surface area contributed by atoms with Crippen molar-refractivity contribution in [1.82, 2.24) is 19.8 Å². The highest BCUT2D eigenvalue weighted by molar-refractivity contribution is 5.34. The van der Waals surface area contributed by atoms with Crippen molar-refractivity contribution >= 4 is 5.82 Å². The zero-order valence-electron chi connectivity index (χ0n) is 11.8. The minimum Gasteiger partial charge on any atom is -0.395 e. The molecule has 0 bridgehead atoms. The van der Waals surface area contributed by atoms with Crippen molar-refractivity contribution in [2.75, 3.05) is 51.7 Å². The second kappa shape index (κ2) is 6.79. The van der Waals surface area contributed by atoms with Crippen LogP contribution in [0.15, 0.2) is 6.07 Å². The van der Waals surface area contributed by atoms with Crippen LogP contribution in [0.4, 0.5) is 5.82 Å². The maximum atomic E-state index is 8.93. The maximum absolute atomic E-state index is 8.93. The Hall–Kier alpha value is -1.24. The van der Waals surface area contributed by atoms with E-state index in [1.165, 1.54) is 0 Å². The number of β-amino-alcohol motifs (C(OH)–C–C–N with tert-alkyl or cyclic N) is 1. The van der Waals surface area contributed by atoms with E-state index < -0.39 is 0 Å². The molecule has 2 heterocycles. The number of hydrogen-bond donors (Lipinski definition) is 2. The van der Waals surface area contributed by atoms with Gasteiger partial charge in [0.25, 0.3) is 0 Å². The summed E-state index contributed by atoms with van der Waals surface area (Å²) in [5.74, 6) is 1.75. The molecular weight excluding hydrogens is 242 g/mol. The van der Waals surface area contributed by atoms with Crippen LogP contribution < -0.4 is 5.32 Å². The number of rotatable bonds is 5. The van der Waals surface area contributed by atoms with Crippen LogP contribution in [0.25, 0.3) is 0 Å². The van der Waals surface area contributed by atoms with E-state index in [0.717, 1.165) is 56.6 Å². The summed E-state index contributed by atoms with van der Waals surface area (Å²) in [6.07, 6.45) is 0. The van der Waals surface area contributed by atoms with Gasteiger partial charge in [0.05, 0.1) is 13.2 Å². The van der Waals surface area contributed by atoms with Crippen LogP contribution in [0.2, 0.25) is 0 Å². The van der Waals surface area contributed by atoms with Crippen LogP contribution >= 0.6 is 0 Å². The molecule has 1 saturated heterocycles. The molecule has 106 valence electrons. The summed E-state index contributed by atoms with van der Waals surface area (Å²) in [7, 11) is 1.87. The third-order valence-corrected chi connectivity index (χ3v) is 3.40. The molecule has 1 fully saturated rings. The molecule has 2 N–H and O–H groups in total. The van der Waals surface area contributed by atoms with Gasteiger partial charge >= 0.3 is 0 Å². The Bertz CT molecular complexity index is 404. The van der Waals surface area contributed by atoms with Crippen LogP contribution in [0.5, 0.6) is 0 Å². The average Bonchev–Trinajstić information content (AvgIpc) is 2.40. The van der Waals surface area contributed by atoms with Gasteiger partial charge in [0.2, 0.25) is 0 Å². The number of piperazine rings is 1. The van der Waals surface area contributed by atoms with Crippen LogP contribution in [0.3, 0.4) is 0 Å². The van der Waals surface area contributed by atoms with Gasteiger partial charge in [-0.15, -0.1) is 0 Å². The van der Waals surface area contributed by atoms with E-state index >= 15 is 0 Å². The number of aromatic nitrogens is 2. The second-order valence-corrected chi connectivity index (χ2v) is 4.90. The van der Waals surface area contributed by atoms with Gasteiger partial charge in [-0.1, -0.05) is 0 Å². The predicted molar refractivity (Wildman–Crippen MR) is 75.1 cm³/mol. The lowest BCUT2D eigenvalue weighted by Crippen LogP contribution is -2.46. The highest BCUT2D eigenvalue weighted by Crippen LogP contribution is 2.09. The fourth-order valence-electron chi connectivity index (χ4n) is 2.34. The Balaban J connectivity index is 1.90. The van der Waals surface area contributed by atoms with Crippen molar-refractivity contribution in [2.24, 2.45) is 0 Å². The van der Waals surface area contributed by atoms with Crippen LogP contribution in [-0.4, -0.2) is 71.3 Å². The van der Waals surface area contributed by atoms with Gasteiger partial charge in [-0.2, -0.15) is 0 Å². The van der Waals surface area contributed by atoms with E-state index in [2.05, 4.69) is 25.1 Å². The molecule has 0 amide bonds. The molecule has 0 aromatic carbocycles. The van der Waals surface area contributed by atoms with Crippen LogP contribution in [0.1, 0.15) is 11.5 Å². The standard InChI is InChI=1S/C13H23N5O/c1-11-9-12(14-2)16-13(15-11)10-18-5-3-17(4-6-18)7-8-19/h9,19H,3-8,10H2,1-2H3,(H,14,15,16). The first kappa shape index (κ1) is 14.2. The van der Waals surface area contributed by atoms with Crippen molar-refractivity contribution in [3.8, 4) is 0 Å². The smallest absolute Gasteiger partial charge is 0.144 e. The van der Waals surface area contributed by atoms with Crippen molar-refractivity contribution in [1.29, 1.82) is 0 Å². The molecule has 0 aliphatic carbocycles. The molecule has 6 nitrogen and oxygen atoms in total. The van der Waals surface area contributed by atoms with E-state index in [1.54, 1.807) is 0 Å². The first-order chi connectivity index (χ1) is 9.21. The van der Waals surface area contributed by atoms with Crippen LogP contribution in [0, 0.1) is 6.92 Å². The SMILES string of the molecule is CNc1cc(C)nc(CN2CCN(CCO)CC2)n1. The van der Waals surface area contributed by atoms with E-state index in [9.17, 15) is 0 Å². The molecule has 19 heavy (non-hydrogen) atoms. The minimum absolute atomic E-state index is 0.243. The topological polar surface area (TPSA) is 64.5 Å². The molecule has 0 radical (unpaired) electrons. The lowest BCUT2D eigenvalue weighted by molar-refractivity contribution is 0.107. The van der Waals surface area contributed by atoms with Crippen LogP contribution in [-0.2, 0) is 6.54 Å². The van der Waals surface area contributed by atoms with Gasteiger partial charge in [0.15, 0.2) is 0 Å². The molecule has 0 unspecified atom stereocenters. The quantitative estimate of drug-likeness (QED) is 0.777. The third-order valence-electron chi connectivity index (χ3n) is 3.40. The molecule has 1 aliphatic rings. The monoisotopic (exact) mass is 265 g/mol. The van der Waals surface area contributed by atoms with Crippen molar-refractivity contribution in [3.05, 3.63) is 17.6 Å². The number of anilines is 1. The highest BCUT2D eigenvalue weighted by atomic mass is 16.3. The summed E-state index contributed by atoms with van der Waals surface area (Å²) in [4.78, 5) is 13.6. The van der Waals surface area contributed by atoms with E-state index in [-0.39, 0.29) is 6.61 Å². The van der Waals surface area contributed by atoms with E-state index in [0.29, 0.717) is 0 Å². The Labute approximate surface area is 114 Å². The lowest BCUT2D eigenvalue weighted by atomic mass is 10.3. The first-order valence-electron chi connectivity index (χ1n) is 6.79. The summed E-state index contributed by atoms with van der Waals surface area (Å²) >= 11 is 0. The zero-order valence-corrected chi connectivity index (χ0v) is 11.8. The maximum Gasteiger partial charge on any atom is 0.144 e.